The molecule has 140 valence electrons. The van der Waals surface area contributed by atoms with Crippen molar-refractivity contribution in [2.45, 2.75) is 19.5 Å². The van der Waals surface area contributed by atoms with Gasteiger partial charge < -0.3 is 0 Å². The van der Waals surface area contributed by atoms with Crippen LogP contribution in [0.4, 0.5) is 23.1 Å². The Hall–Kier alpha value is -2.33. The fraction of sp³-hybridized carbons (Fsp3) is 0.235. The van der Waals surface area contributed by atoms with Crippen molar-refractivity contribution >= 4 is 33.5 Å². The highest BCUT2D eigenvalue weighted by atomic mass is 32.2. The molecule has 1 aliphatic rings. The molecule has 1 N–H and O–H groups in total. The van der Waals surface area contributed by atoms with Gasteiger partial charge in [-0.25, -0.2) is 9.67 Å². The van der Waals surface area contributed by atoms with Crippen molar-refractivity contribution in [3.63, 3.8) is 0 Å². The summed E-state index contributed by atoms with van der Waals surface area (Å²) in [4.78, 5) is 16.9. The third-order valence-corrected chi connectivity index (χ3v) is 5.71. The molecule has 0 saturated heterocycles. The number of alkyl halides is 3. The van der Waals surface area contributed by atoms with Crippen molar-refractivity contribution < 1.29 is 18.0 Å². The molecule has 1 aliphatic carbocycles. The molecule has 0 fully saturated rings. The quantitative estimate of drug-likeness (QED) is 0.504. The van der Waals surface area contributed by atoms with Gasteiger partial charge in [-0.1, -0.05) is 42.2 Å². The fourth-order valence-corrected chi connectivity index (χ4v) is 4.52. The number of halogens is 3. The molecule has 27 heavy (non-hydrogen) atoms. The number of aromatic nitrogens is 3. The average molecular weight is 410 g/mol. The van der Waals surface area contributed by atoms with Crippen LogP contribution in [-0.4, -0.2) is 25.8 Å². The Balaban J connectivity index is 1.76. The summed E-state index contributed by atoms with van der Waals surface area (Å²) in [6.45, 7) is 1.87. The zero-order valence-electron chi connectivity index (χ0n) is 14.0. The van der Waals surface area contributed by atoms with E-state index in [0.29, 0.717) is 23.0 Å². The summed E-state index contributed by atoms with van der Waals surface area (Å²) < 4.78 is 41.5. The van der Waals surface area contributed by atoms with Gasteiger partial charge in [-0.05, 0) is 17.9 Å². The minimum absolute atomic E-state index is 0.0281. The highest BCUT2D eigenvalue weighted by molar-refractivity contribution is 8.13. The molecule has 5 nitrogen and oxygen atoms in total. The molecule has 0 atom stereocenters. The minimum atomic E-state index is -4.49. The SMILES string of the molecule is CCSC(=O)Nc1nc2c(s1)-c1c(cnn1-c1ccccc1C(F)(F)F)C2. The maximum absolute atomic E-state index is 13.4. The molecule has 0 saturated carbocycles. The van der Waals surface area contributed by atoms with E-state index in [1.54, 1.807) is 12.3 Å². The molecule has 10 heteroatoms. The van der Waals surface area contributed by atoms with Gasteiger partial charge in [0.05, 0.1) is 33.7 Å². The second-order valence-corrected chi connectivity index (χ2v) is 8.00. The van der Waals surface area contributed by atoms with E-state index in [9.17, 15) is 18.0 Å². The van der Waals surface area contributed by atoms with Crippen molar-refractivity contribution in [2.75, 3.05) is 11.1 Å². The summed E-state index contributed by atoms with van der Waals surface area (Å²) in [7, 11) is 0. The van der Waals surface area contributed by atoms with Crippen LogP contribution in [0.3, 0.4) is 0 Å². The summed E-state index contributed by atoms with van der Waals surface area (Å²) in [6.07, 6.45) is -2.44. The molecular formula is C17H13F3N4OS2. The van der Waals surface area contributed by atoms with Gasteiger partial charge in [0.1, 0.15) is 0 Å². The number of benzene rings is 1. The number of thiazole rings is 1. The molecule has 2 aromatic heterocycles. The third-order valence-electron chi connectivity index (χ3n) is 4.04. The van der Waals surface area contributed by atoms with Crippen LogP contribution >= 0.6 is 23.1 Å². The Bertz CT molecular complexity index is 1030. The Labute approximate surface area is 160 Å². The van der Waals surface area contributed by atoms with E-state index >= 15 is 0 Å². The lowest BCUT2D eigenvalue weighted by molar-refractivity contribution is -0.137. The number of thioether (sulfide) groups is 1. The molecule has 3 aromatic rings. The van der Waals surface area contributed by atoms with E-state index in [1.807, 2.05) is 6.92 Å². The summed E-state index contributed by atoms with van der Waals surface area (Å²) in [5.41, 5.74) is 1.38. The van der Waals surface area contributed by atoms with E-state index in [4.69, 9.17) is 0 Å². The first-order chi connectivity index (χ1) is 12.9. The molecule has 4 rings (SSSR count). The van der Waals surface area contributed by atoms with E-state index < -0.39 is 11.7 Å². The molecule has 0 aliphatic heterocycles. The molecule has 0 bridgehead atoms. The van der Waals surface area contributed by atoms with Crippen LogP contribution in [0.1, 0.15) is 23.7 Å². The second-order valence-electron chi connectivity index (χ2n) is 5.76. The lowest BCUT2D eigenvalue weighted by atomic mass is 10.1. The molecule has 1 amide bonds. The Morgan fingerprint density at radius 1 is 1.37 bits per heavy atom. The highest BCUT2D eigenvalue weighted by Gasteiger charge is 2.36. The largest absolute Gasteiger partial charge is 0.418 e. The Morgan fingerprint density at radius 2 is 2.15 bits per heavy atom. The zero-order chi connectivity index (χ0) is 19.2. The minimum Gasteiger partial charge on any atom is -0.293 e. The summed E-state index contributed by atoms with van der Waals surface area (Å²) in [6, 6.07) is 5.34. The van der Waals surface area contributed by atoms with Crippen molar-refractivity contribution in [3.05, 3.63) is 47.3 Å². The second kappa shape index (κ2) is 6.68. The molecule has 0 radical (unpaired) electrons. The van der Waals surface area contributed by atoms with Crippen LogP contribution in [-0.2, 0) is 12.6 Å². The number of nitrogens with one attached hydrogen (secondary N) is 1. The van der Waals surface area contributed by atoms with Crippen molar-refractivity contribution in [3.8, 4) is 16.3 Å². The zero-order valence-corrected chi connectivity index (χ0v) is 15.6. The predicted octanol–water partition coefficient (Wildman–Crippen LogP) is 5.20. The monoisotopic (exact) mass is 410 g/mol. The first kappa shape index (κ1) is 18.1. The van der Waals surface area contributed by atoms with E-state index in [1.165, 1.54) is 28.2 Å². The van der Waals surface area contributed by atoms with E-state index in [-0.39, 0.29) is 10.9 Å². The maximum atomic E-state index is 13.4. The molecule has 0 unspecified atom stereocenters. The van der Waals surface area contributed by atoms with Gasteiger partial charge >= 0.3 is 6.18 Å². The standard InChI is InChI=1S/C17H13F3N4OS2/c1-2-26-16(25)23-15-22-11-7-9-8-21-24(13(9)14(11)27-15)12-6-4-3-5-10(12)17(18,19)20/h3-6,8H,2,7H2,1H3,(H,22,23,25). The van der Waals surface area contributed by atoms with Gasteiger partial charge in [0, 0.05) is 12.0 Å². The number of fused-ring (bicyclic) bond motifs is 3. The molecule has 0 spiro atoms. The Kier molecular flexibility index (Phi) is 4.47. The number of hydrogen-bond donors (Lipinski definition) is 1. The van der Waals surface area contributed by atoms with Crippen LogP contribution in [0.2, 0.25) is 0 Å². The van der Waals surface area contributed by atoms with Gasteiger partial charge in [0.25, 0.3) is 5.24 Å². The van der Waals surface area contributed by atoms with Gasteiger partial charge in [-0.3, -0.25) is 10.1 Å². The molecule has 1 aromatic carbocycles. The van der Waals surface area contributed by atoms with Crippen LogP contribution < -0.4 is 5.32 Å². The van der Waals surface area contributed by atoms with Gasteiger partial charge in [-0.15, -0.1) is 0 Å². The van der Waals surface area contributed by atoms with Gasteiger partial charge in [-0.2, -0.15) is 18.3 Å². The van der Waals surface area contributed by atoms with E-state index in [2.05, 4.69) is 15.4 Å². The van der Waals surface area contributed by atoms with Crippen molar-refractivity contribution in [1.82, 2.24) is 14.8 Å². The lowest BCUT2D eigenvalue weighted by Gasteiger charge is -2.14. The first-order valence-electron chi connectivity index (χ1n) is 8.05. The predicted molar refractivity (Wildman–Crippen MR) is 99.6 cm³/mol. The number of rotatable bonds is 3. The number of nitrogens with zero attached hydrogens (tertiary/aromatic N) is 3. The van der Waals surface area contributed by atoms with E-state index in [0.717, 1.165) is 34.0 Å². The fourth-order valence-electron chi connectivity index (χ4n) is 2.98. The summed E-state index contributed by atoms with van der Waals surface area (Å²) in [5.74, 6) is 0.641. The van der Waals surface area contributed by atoms with Crippen molar-refractivity contribution in [2.24, 2.45) is 0 Å². The smallest absolute Gasteiger partial charge is 0.293 e. The Morgan fingerprint density at radius 3 is 2.89 bits per heavy atom. The van der Waals surface area contributed by atoms with Crippen LogP contribution in [0.5, 0.6) is 0 Å². The number of hydrogen-bond acceptors (Lipinski definition) is 5. The van der Waals surface area contributed by atoms with Gasteiger partial charge in [0.2, 0.25) is 0 Å². The van der Waals surface area contributed by atoms with Crippen LogP contribution in [0.25, 0.3) is 16.3 Å². The third kappa shape index (κ3) is 3.23. The number of carbonyl (C=O) groups is 1. The molecular weight excluding hydrogens is 397 g/mol. The lowest BCUT2D eigenvalue weighted by Crippen LogP contribution is -2.11. The van der Waals surface area contributed by atoms with Crippen molar-refractivity contribution in [1.29, 1.82) is 0 Å². The topological polar surface area (TPSA) is 59.8 Å². The number of para-hydroxylation sites is 1. The summed E-state index contributed by atoms with van der Waals surface area (Å²) in [5, 5.41) is 7.13. The highest BCUT2D eigenvalue weighted by Crippen LogP contribution is 2.44. The molecule has 2 heterocycles. The number of amides is 1. The number of anilines is 1. The first-order valence-corrected chi connectivity index (χ1v) is 9.86. The average Bonchev–Trinajstić information content (AvgIpc) is 3.25. The number of carbonyl (C=O) groups excluding carboxylic acids is 1. The normalized spacial score (nSPS) is 12.7. The summed E-state index contributed by atoms with van der Waals surface area (Å²) >= 11 is 2.38. The van der Waals surface area contributed by atoms with Crippen LogP contribution in [0.15, 0.2) is 30.5 Å². The van der Waals surface area contributed by atoms with Gasteiger partial charge in [0.15, 0.2) is 5.13 Å². The maximum Gasteiger partial charge on any atom is 0.418 e. The van der Waals surface area contributed by atoms with Crippen LogP contribution in [0, 0.1) is 0 Å².